The molecule has 39 heavy (non-hydrogen) atoms. The Balaban J connectivity index is 1.53. The van der Waals surface area contributed by atoms with E-state index < -0.39 is 0 Å². The molecule has 212 valence electrons. The highest BCUT2D eigenvalue weighted by Gasteiger charge is 2.23. The molecule has 0 N–H and O–H groups in total. The van der Waals surface area contributed by atoms with Crippen molar-refractivity contribution in [3.63, 3.8) is 0 Å². The van der Waals surface area contributed by atoms with E-state index in [1.807, 2.05) is 52.3 Å². The minimum atomic E-state index is 0.0721. The number of ether oxygens (including phenoxy) is 1. The molecule has 0 aromatic heterocycles. The van der Waals surface area contributed by atoms with Gasteiger partial charge in [-0.15, -0.1) is 0 Å². The summed E-state index contributed by atoms with van der Waals surface area (Å²) >= 11 is 0. The maximum atomic E-state index is 13.1. The van der Waals surface area contributed by atoms with Crippen molar-refractivity contribution < 1.29 is 14.3 Å². The van der Waals surface area contributed by atoms with Crippen LogP contribution in [0.25, 0.3) is 6.08 Å². The molecular formula is C33H47N3O3. The number of amides is 2. The fourth-order valence-electron chi connectivity index (χ4n) is 4.85. The molecule has 6 nitrogen and oxygen atoms in total. The Morgan fingerprint density at radius 2 is 1.67 bits per heavy atom. The molecule has 0 saturated carbocycles. The lowest BCUT2D eigenvalue weighted by atomic mass is 9.86. The van der Waals surface area contributed by atoms with E-state index in [1.165, 1.54) is 5.56 Å². The van der Waals surface area contributed by atoms with Crippen LogP contribution in [0.5, 0.6) is 5.75 Å². The molecule has 1 aliphatic heterocycles. The van der Waals surface area contributed by atoms with Crippen LogP contribution in [0.15, 0.2) is 54.6 Å². The SMILES string of the molecule is CCCCCC(=O)N(C/C=C/c1ccccc1OC)CCN1CCN(C(=O)c2ccc(C(C)(C)C)cc2)CC1. The second kappa shape index (κ2) is 14.9. The topological polar surface area (TPSA) is 53.1 Å². The number of benzene rings is 2. The fraction of sp³-hybridized carbons (Fsp3) is 0.515. The maximum absolute atomic E-state index is 13.1. The Hall–Kier alpha value is -3.12. The number of nitrogens with zero attached hydrogens (tertiary/aromatic N) is 3. The number of methoxy groups -OCH3 is 1. The van der Waals surface area contributed by atoms with Gasteiger partial charge in [-0.3, -0.25) is 14.5 Å². The first-order valence-corrected chi connectivity index (χ1v) is 14.4. The Morgan fingerprint density at radius 3 is 2.31 bits per heavy atom. The highest BCUT2D eigenvalue weighted by atomic mass is 16.5. The lowest BCUT2D eigenvalue weighted by Gasteiger charge is -2.36. The molecule has 1 saturated heterocycles. The Morgan fingerprint density at radius 1 is 0.974 bits per heavy atom. The lowest BCUT2D eigenvalue weighted by Crippen LogP contribution is -2.50. The van der Waals surface area contributed by atoms with Crippen molar-refractivity contribution in [1.82, 2.24) is 14.7 Å². The van der Waals surface area contributed by atoms with E-state index in [9.17, 15) is 9.59 Å². The van der Waals surface area contributed by atoms with E-state index in [4.69, 9.17) is 4.74 Å². The summed E-state index contributed by atoms with van der Waals surface area (Å²) in [4.78, 5) is 32.4. The largest absolute Gasteiger partial charge is 0.496 e. The van der Waals surface area contributed by atoms with E-state index >= 15 is 0 Å². The summed E-state index contributed by atoms with van der Waals surface area (Å²) in [6.07, 6.45) is 7.78. The van der Waals surface area contributed by atoms with Gasteiger partial charge in [0.25, 0.3) is 5.91 Å². The molecule has 6 heteroatoms. The van der Waals surface area contributed by atoms with Crippen molar-refractivity contribution in [3.05, 3.63) is 71.3 Å². The van der Waals surface area contributed by atoms with Gasteiger partial charge in [-0.05, 0) is 35.6 Å². The zero-order valence-corrected chi connectivity index (χ0v) is 24.6. The number of hydrogen-bond acceptors (Lipinski definition) is 4. The molecule has 0 spiro atoms. The third-order valence-electron chi connectivity index (χ3n) is 7.45. The molecule has 0 atom stereocenters. The third kappa shape index (κ3) is 9.24. The average molecular weight is 534 g/mol. The second-order valence-corrected chi connectivity index (χ2v) is 11.4. The first-order chi connectivity index (χ1) is 18.7. The van der Waals surface area contributed by atoms with Crippen molar-refractivity contribution in [1.29, 1.82) is 0 Å². The Kier molecular flexibility index (Phi) is 11.6. The number of carbonyl (C=O) groups excluding carboxylic acids is 2. The van der Waals surface area contributed by atoms with Crippen molar-refractivity contribution in [2.24, 2.45) is 0 Å². The van der Waals surface area contributed by atoms with Gasteiger partial charge in [0.1, 0.15) is 5.75 Å². The van der Waals surface area contributed by atoms with E-state index in [0.717, 1.165) is 55.8 Å². The third-order valence-corrected chi connectivity index (χ3v) is 7.45. The predicted octanol–water partition coefficient (Wildman–Crippen LogP) is 5.87. The average Bonchev–Trinajstić information content (AvgIpc) is 2.94. The summed E-state index contributed by atoms with van der Waals surface area (Å²) in [6.45, 7) is 13.8. The Labute approximate surface area is 235 Å². The molecule has 1 aliphatic rings. The first kappa shape index (κ1) is 30.4. The highest BCUT2D eigenvalue weighted by molar-refractivity contribution is 5.94. The van der Waals surface area contributed by atoms with E-state index in [2.05, 4.69) is 50.8 Å². The smallest absolute Gasteiger partial charge is 0.253 e. The summed E-state index contributed by atoms with van der Waals surface area (Å²) in [5, 5.41) is 0. The number of hydrogen-bond donors (Lipinski definition) is 0. The van der Waals surface area contributed by atoms with Crippen molar-refractivity contribution >= 4 is 17.9 Å². The molecular weight excluding hydrogens is 486 g/mol. The lowest BCUT2D eigenvalue weighted by molar-refractivity contribution is -0.131. The standard InChI is InChI=1S/C33H47N3O3/c1-6-7-8-15-31(37)35(20-11-13-27-12-9-10-14-30(27)39-5)24-21-34-22-25-36(26-23-34)32(38)28-16-18-29(19-17-28)33(2,3)4/h9-14,16-19H,6-8,15,20-26H2,1-5H3/b13-11+. The molecule has 3 rings (SSSR count). The molecule has 1 heterocycles. The fourth-order valence-corrected chi connectivity index (χ4v) is 4.85. The number of carbonyl (C=O) groups is 2. The van der Waals surface area contributed by atoms with Crippen LogP contribution >= 0.6 is 0 Å². The van der Waals surface area contributed by atoms with Gasteiger partial charge in [0.2, 0.25) is 5.91 Å². The van der Waals surface area contributed by atoms with Crippen LogP contribution in [-0.4, -0.2) is 79.4 Å². The molecule has 0 aliphatic carbocycles. The zero-order valence-electron chi connectivity index (χ0n) is 24.6. The van der Waals surface area contributed by atoms with Gasteiger partial charge in [0.15, 0.2) is 0 Å². The number of piperazine rings is 1. The van der Waals surface area contributed by atoms with Crippen molar-refractivity contribution in [2.75, 3.05) is 52.9 Å². The van der Waals surface area contributed by atoms with Crippen LogP contribution in [0.2, 0.25) is 0 Å². The van der Waals surface area contributed by atoms with E-state index in [0.29, 0.717) is 32.6 Å². The van der Waals surface area contributed by atoms with Gasteiger partial charge < -0.3 is 14.5 Å². The van der Waals surface area contributed by atoms with Gasteiger partial charge in [-0.25, -0.2) is 0 Å². The number of para-hydroxylation sites is 1. The summed E-state index contributed by atoms with van der Waals surface area (Å²) in [5.41, 5.74) is 3.06. The van der Waals surface area contributed by atoms with Crippen LogP contribution in [0.3, 0.4) is 0 Å². The first-order valence-electron chi connectivity index (χ1n) is 14.4. The Bertz CT molecular complexity index is 1080. The van der Waals surface area contributed by atoms with Crippen molar-refractivity contribution in [2.45, 2.75) is 58.8 Å². The van der Waals surface area contributed by atoms with Crippen molar-refractivity contribution in [3.8, 4) is 5.75 Å². The number of rotatable bonds is 12. The molecule has 2 amide bonds. The molecule has 2 aromatic rings. The van der Waals surface area contributed by atoms with E-state index in [-0.39, 0.29) is 17.2 Å². The van der Waals surface area contributed by atoms with Gasteiger partial charge in [-0.2, -0.15) is 0 Å². The van der Waals surface area contributed by atoms with Gasteiger partial charge in [-0.1, -0.05) is 83.0 Å². The second-order valence-electron chi connectivity index (χ2n) is 11.4. The zero-order chi connectivity index (χ0) is 28.3. The van der Waals surface area contributed by atoms with Crippen LogP contribution in [0.1, 0.15) is 74.9 Å². The minimum Gasteiger partial charge on any atom is -0.496 e. The number of unbranched alkanes of at least 4 members (excludes halogenated alkanes) is 2. The summed E-state index contributed by atoms with van der Waals surface area (Å²) in [5.74, 6) is 1.14. The molecule has 0 unspecified atom stereocenters. The summed E-state index contributed by atoms with van der Waals surface area (Å²) in [7, 11) is 1.67. The van der Waals surface area contributed by atoms with Crippen LogP contribution < -0.4 is 4.74 Å². The maximum Gasteiger partial charge on any atom is 0.253 e. The summed E-state index contributed by atoms with van der Waals surface area (Å²) in [6, 6.07) is 15.9. The molecule has 0 radical (unpaired) electrons. The normalized spacial score (nSPS) is 14.5. The van der Waals surface area contributed by atoms with Gasteiger partial charge in [0, 0.05) is 63.4 Å². The van der Waals surface area contributed by atoms with Crippen LogP contribution in [0, 0.1) is 0 Å². The summed E-state index contributed by atoms with van der Waals surface area (Å²) < 4.78 is 5.45. The van der Waals surface area contributed by atoms with Gasteiger partial charge in [0.05, 0.1) is 7.11 Å². The van der Waals surface area contributed by atoms with Gasteiger partial charge >= 0.3 is 0 Å². The monoisotopic (exact) mass is 533 g/mol. The van der Waals surface area contributed by atoms with E-state index in [1.54, 1.807) is 7.11 Å². The molecule has 2 aromatic carbocycles. The quantitative estimate of drug-likeness (QED) is 0.320. The predicted molar refractivity (Wildman–Crippen MR) is 160 cm³/mol. The highest BCUT2D eigenvalue weighted by Crippen LogP contribution is 2.23. The van der Waals surface area contributed by atoms with Crippen LogP contribution in [0.4, 0.5) is 0 Å². The minimum absolute atomic E-state index is 0.0721. The van der Waals surface area contributed by atoms with Crippen LogP contribution in [-0.2, 0) is 10.2 Å². The molecule has 0 bridgehead atoms. The molecule has 1 fully saturated rings.